The van der Waals surface area contributed by atoms with Crippen molar-refractivity contribution in [1.82, 2.24) is 20.0 Å². The number of rotatable bonds is 5. The topological polar surface area (TPSA) is 38.8 Å². The van der Waals surface area contributed by atoms with Crippen molar-refractivity contribution in [2.24, 2.45) is 0 Å². The van der Waals surface area contributed by atoms with Crippen LogP contribution in [0.3, 0.4) is 0 Å². The first-order valence-electron chi connectivity index (χ1n) is 9.08. The molecule has 0 aromatic heterocycles. The number of likely N-dealkylation sites (N-methyl/N-ethyl adjacent to an activating group) is 1. The predicted octanol–water partition coefficient (Wildman–Crippen LogP) is 1.50. The van der Waals surface area contributed by atoms with Crippen LogP contribution in [0.2, 0.25) is 0 Å². The Hall–Kier alpha value is -0.650. The third-order valence-electron chi connectivity index (χ3n) is 4.21. The minimum Gasteiger partial charge on any atom is -0.362 e. The van der Waals surface area contributed by atoms with Gasteiger partial charge in [-0.3, -0.25) is 9.69 Å². The van der Waals surface area contributed by atoms with Gasteiger partial charge in [0.25, 0.3) is 0 Å². The fourth-order valence-electron chi connectivity index (χ4n) is 2.79. The van der Waals surface area contributed by atoms with Gasteiger partial charge in [-0.2, -0.15) is 0 Å². The number of piperidine rings is 1. The fourth-order valence-corrected chi connectivity index (χ4v) is 2.79. The Morgan fingerprint density at radius 1 is 0.818 bits per heavy atom. The highest BCUT2D eigenvalue weighted by Crippen LogP contribution is 2.08. The van der Waals surface area contributed by atoms with E-state index in [4.69, 9.17) is 4.79 Å². The largest absolute Gasteiger partial charge is 0.362 e. The molecule has 1 N–H and O–H groups in total. The van der Waals surface area contributed by atoms with Gasteiger partial charge in [0, 0.05) is 46.3 Å². The lowest BCUT2D eigenvalue weighted by Gasteiger charge is -2.35. The van der Waals surface area contributed by atoms with Crippen LogP contribution in [0, 0.1) is 0 Å². The number of hydrogen-bond acceptors (Lipinski definition) is 4. The summed E-state index contributed by atoms with van der Waals surface area (Å²) < 4.78 is 0. The molecule has 5 heteroatoms. The third kappa shape index (κ3) is 10.1. The smallest absolute Gasteiger partial charge is 0.206 e. The van der Waals surface area contributed by atoms with Crippen LogP contribution in [-0.2, 0) is 4.79 Å². The van der Waals surface area contributed by atoms with E-state index >= 15 is 0 Å². The van der Waals surface area contributed by atoms with E-state index in [-0.39, 0.29) is 0 Å². The van der Waals surface area contributed by atoms with Crippen molar-refractivity contribution in [2.75, 3.05) is 66.0 Å². The van der Waals surface area contributed by atoms with Gasteiger partial charge in [-0.25, -0.2) is 0 Å². The highest BCUT2D eigenvalue weighted by molar-refractivity contribution is 5.44. The van der Waals surface area contributed by atoms with Gasteiger partial charge in [0.1, 0.15) is 0 Å². The zero-order chi connectivity index (χ0) is 16.6. The minimum atomic E-state index is 0.625. The first-order chi connectivity index (χ1) is 10.8. The first kappa shape index (κ1) is 21.4. The second-order valence-electron chi connectivity index (χ2n) is 5.58. The van der Waals surface area contributed by atoms with E-state index in [1.165, 1.54) is 78.2 Å². The third-order valence-corrected chi connectivity index (χ3v) is 4.21. The normalized spacial score (nSPS) is 20.2. The van der Waals surface area contributed by atoms with Gasteiger partial charge in [-0.15, -0.1) is 0 Å². The van der Waals surface area contributed by atoms with Crippen molar-refractivity contribution < 1.29 is 4.79 Å². The Morgan fingerprint density at radius 2 is 1.23 bits per heavy atom. The lowest BCUT2D eigenvalue weighted by atomic mass is 10.1. The van der Waals surface area contributed by atoms with E-state index in [0.717, 1.165) is 0 Å². The number of nitrogens with zero attached hydrogens (tertiary/aromatic N) is 3. The Kier molecular flexibility index (Phi) is 14.8. The Morgan fingerprint density at radius 3 is 1.64 bits per heavy atom. The summed E-state index contributed by atoms with van der Waals surface area (Å²) in [7, 11) is 1.56. The average Bonchev–Trinajstić information content (AvgIpc) is 2.63. The van der Waals surface area contributed by atoms with Crippen molar-refractivity contribution in [3.05, 3.63) is 0 Å². The fraction of sp³-hybridized carbons (Fsp3) is 0.941. The van der Waals surface area contributed by atoms with Gasteiger partial charge in [-0.1, -0.05) is 27.2 Å². The molecule has 2 aliphatic heterocycles. The quantitative estimate of drug-likeness (QED) is 0.781. The lowest BCUT2D eigenvalue weighted by Crippen LogP contribution is -2.48. The van der Waals surface area contributed by atoms with Gasteiger partial charge >= 0.3 is 0 Å². The number of hydrogen-bond donors (Lipinski definition) is 1. The van der Waals surface area contributed by atoms with Crippen LogP contribution in [0.15, 0.2) is 0 Å². The summed E-state index contributed by atoms with van der Waals surface area (Å²) in [5, 5.41) is 2.25. The molecule has 2 saturated heterocycles. The molecular formula is C17H38N4O. The number of likely N-dealkylation sites (tertiary alicyclic amines) is 1. The maximum atomic E-state index is 9.06. The standard InChI is InChI=1S/C13H27N3.C2H5NO.C2H6/c1-2-14-8-10-16(11-9-14)13-12-15-6-4-3-5-7-15;1-3-2-4;1-2/h2-13H2,1H3;2H,1H3,(H,3,4);1-2H3. The summed E-state index contributed by atoms with van der Waals surface area (Å²) >= 11 is 0. The summed E-state index contributed by atoms with van der Waals surface area (Å²) in [6.45, 7) is 17.9. The minimum absolute atomic E-state index is 0.625. The number of carbonyl (C=O) groups excluding carboxylic acids is 1. The molecule has 0 bridgehead atoms. The molecule has 5 nitrogen and oxygen atoms in total. The van der Waals surface area contributed by atoms with Gasteiger partial charge in [0.2, 0.25) is 6.41 Å². The zero-order valence-corrected chi connectivity index (χ0v) is 15.3. The maximum Gasteiger partial charge on any atom is 0.206 e. The van der Waals surface area contributed by atoms with Gasteiger partial charge in [0.15, 0.2) is 0 Å². The monoisotopic (exact) mass is 314 g/mol. The van der Waals surface area contributed by atoms with Crippen molar-refractivity contribution in [3.63, 3.8) is 0 Å². The van der Waals surface area contributed by atoms with Crippen LogP contribution in [-0.4, -0.2) is 87.1 Å². The molecule has 22 heavy (non-hydrogen) atoms. The first-order valence-corrected chi connectivity index (χ1v) is 9.08. The zero-order valence-electron chi connectivity index (χ0n) is 15.3. The van der Waals surface area contributed by atoms with Crippen molar-refractivity contribution in [2.45, 2.75) is 40.0 Å². The molecule has 2 heterocycles. The molecule has 2 rings (SSSR count). The number of carbonyl (C=O) groups is 1. The van der Waals surface area contributed by atoms with Crippen molar-refractivity contribution in [3.8, 4) is 0 Å². The molecule has 2 aliphatic rings. The van der Waals surface area contributed by atoms with Crippen molar-refractivity contribution in [1.29, 1.82) is 0 Å². The van der Waals surface area contributed by atoms with Crippen LogP contribution in [0.5, 0.6) is 0 Å². The summed E-state index contributed by atoms with van der Waals surface area (Å²) in [5.41, 5.74) is 0. The van der Waals surface area contributed by atoms with Gasteiger partial charge in [0.05, 0.1) is 0 Å². The summed E-state index contributed by atoms with van der Waals surface area (Å²) in [5.74, 6) is 0. The summed E-state index contributed by atoms with van der Waals surface area (Å²) in [6.07, 6.45) is 4.92. The molecule has 1 amide bonds. The van der Waals surface area contributed by atoms with E-state index in [0.29, 0.717) is 6.41 Å². The van der Waals surface area contributed by atoms with E-state index in [1.54, 1.807) is 7.05 Å². The van der Waals surface area contributed by atoms with Crippen LogP contribution in [0.25, 0.3) is 0 Å². The Bertz CT molecular complexity index is 237. The molecule has 0 aromatic rings. The molecule has 0 spiro atoms. The number of amides is 1. The Balaban J connectivity index is 0.000000640. The molecule has 0 atom stereocenters. The van der Waals surface area contributed by atoms with Crippen LogP contribution < -0.4 is 5.32 Å². The van der Waals surface area contributed by atoms with Crippen LogP contribution >= 0.6 is 0 Å². The number of nitrogens with one attached hydrogen (secondary N) is 1. The second-order valence-corrected chi connectivity index (χ2v) is 5.58. The van der Waals surface area contributed by atoms with Crippen LogP contribution in [0.1, 0.15) is 40.0 Å². The Labute approximate surface area is 138 Å². The predicted molar refractivity (Wildman–Crippen MR) is 95.3 cm³/mol. The molecule has 0 aliphatic carbocycles. The molecule has 2 fully saturated rings. The SMILES string of the molecule is CC.CCN1CCN(CCN2CCCCC2)CC1.CNC=O. The van der Waals surface area contributed by atoms with Gasteiger partial charge < -0.3 is 15.1 Å². The van der Waals surface area contributed by atoms with E-state index in [9.17, 15) is 0 Å². The molecule has 132 valence electrons. The molecule has 0 unspecified atom stereocenters. The van der Waals surface area contributed by atoms with E-state index in [2.05, 4.69) is 26.9 Å². The highest BCUT2D eigenvalue weighted by atomic mass is 16.1. The molecule has 0 aromatic carbocycles. The van der Waals surface area contributed by atoms with Gasteiger partial charge in [-0.05, 0) is 32.5 Å². The second kappa shape index (κ2) is 15.3. The van der Waals surface area contributed by atoms with Crippen LogP contribution in [0.4, 0.5) is 0 Å². The van der Waals surface area contributed by atoms with E-state index in [1.807, 2.05) is 13.8 Å². The number of piperazine rings is 1. The highest BCUT2D eigenvalue weighted by Gasteiger charge is 2.16. The summed E-state index contributed by atoms with van der Waals surface area (Å²) in [4.78, 5) is 16.9. The average molecular weight is 315 g/mol. The maximum absolute atomic E-state index is 9.06. The van der Waals surface area contributed by atoms with Crippen molar-refractivity contribution >= 4 is 6.41 Å². The summed E-state index contributed by atoms with van der Waals surface area (Å²) in [6, 6.07) is 0. The lowest BCUT2D eigenvalue weighted by molar-refractivity contribution is -0.109. The van der Waals surface area contributed by atoms with E-state index < -0.39 is 0 Å². The molecule has 0 radical (unpaired) electrons. The molecular weight excluding hydrogens is 276 g/mol. The molecule has 0 saturated carbocycles.